The predicted octanol–water partition coefficient (Wildman–Crippen LogP) is 3.16. The molecule has 3 aliphatic rings. The van der Waals surface area contributed by atoms with Crippen LogP contribution in [0.4, 0.5) is 4.39 Å². The SMILES string of the molecule is Fc1ccc2c(c1)[C@H]1CN[C@@H](C2)c2ccccc21. The minimum atomic E-state index is -0.128. The van der Waals surface area contributed by atoms with Crippen molar-refractivity contribution in [1.29, 1.82) is 0 Å². The fourth-order valence-corrected chi connectivity index (χ4v) is 3.38. The van der Waals surface area contributed by atoms with Crippen LogP contribution in [0.15, 0.2) is 42.5 Å². The van der Waals surface area contributed by atoms with Crippen LogP contribution >= 0.6 is 0 Å². The summed E-state index contributed by atoms with van der Waals surface area (Å²) in [5.74, 6) is 0.169. The highest BCUT2D eigenvalue weighted by Crippen LogP contribution is 2.41. The van der Waals surface area contributed by atoms with E-state index in [4.69, 9.17) is 0 Å². The summed E-state index contributed by atoms with van der Waals surface area (Å²) in [4.78, 5) is 0. The van der Waals surface area contributed by atoms with Crippen molar-refractivity contribution >= 4 is 0 Å². The number of benzene rings is 2. The summed E-state index contributed by atoms with van der Waals surface area (Å²) in [6, 6.07) is 14.2. The average Bonchev–Trinajstić information content (AvgIpc) is 2.65. The van der Waals surface area contributed by atoms with Crippen LogP contribution in [0, 0.1) is 5.82 Å². The monoisotopic (exact) mass is 239 g/mol. The summed E-state index contributed by atoms with van der Waals surface area (Å²) in [7, 11) is 0. The number of nitrogens with one attached hydrogen (secondary N) is 1. The maximum absolute atomic E-state index is 13.5. The molecule has 2 aromatic rings. The fourth-order valence-electron chi connectivity index (χ4n) is 3.38. The normalized spacial score (nSPS) is 24.3. The Labute approximate surface area is 106 Å². The topological polar surface area (TPSA) is 12.0 Å². The van der Waals surface area contributed by atoms with Crippen LogP contribution in [0.5, 0.6) is 0 Å². The van der Waals surface area contributed by atoms with E-state index in [1.54, 1.807) is 12.1 Å². The van der Waals surface area contributed by atoms with Crippen LogP contribution in [0.2, 0.25) is 0 Å². The van der Waals surface area contributed by atoms with Crippen LogP contribution in [-0.2, 0) is 6.42 Å². The van der Waals surface area contributed by atoms with E-state index in [1.165, 1.54) is 16.7 Å². The third-order valence-corrected chi connectivity index (χ3v) is 4.22. The van der Waals surface area contributed by atoms with Gasteiger partial charge in [0.15, 0.2) is 0 Å². The zero-order valence-electron chi connectivity index (χ0n) is 9.99. The molecule has 0 aromatic heterocycles. The van der Waals surface area contributed by atoms with Gasteiger partial charge in [-0.05, 0) is 40.8 Å². The smallest absolute Gasteiger partial charge is 0.123 e. The van der Waals surface area contributed by atoms with Gasteiger partial charge in [0, 0.05) is 18.5 Å². The number of rotatable bonds is 0. The molecule has 1 aliphatic carbocycles. The van der Waals surface area contributed by atoms with Gasteiger partial charge in [-0.1, -0.05) is 30.3 Å². The average molecular weight is 239 g/mol. The Morgan fingerprint density at radius 3 is 2.72 bits per heavy atom. The molecule has 90 valence electrons. The van der Waals surface area contributed by atoms with Crippen molar-refractivity contribution in [2.45, 2.75) is 18.4 Å². The van der Waals surface area contributed by atoms with Gasteiger partial charge in [-0.2, -0.15) is 0 Å². The summed E-state index contributed by atoms with van der Waals surface area (Å²) in [6.45, 7) is 0.915. The van der Waals surface area contributed by atoms with E-state index in [2.05, 4.69) is 29.6 Å². The van der Waals surface area contributed by atoms with E-state index >= 15 is 0 Å². The third-order valence-electron chi connectivity index (χ3n) is 4.22. The molecule has 0 saturated carbocycles. The van der Waals surface area contributed by atoms with Gasteiger partial charge >= 0.3 is 0 Å². The Hall–Kier alpha value is -1.67. The first kappa shape index (κ1) is 10.3. The van der Waals surface area contributed by atoms with E-state index < -0.39 is 0 Å². The molecule has 1 nitrogen and oxygen atoms in total. The van der Waals surface area contributed by atoms with E-state index in [0.29, 0.717) is 12.0 Å². The Balaban J connectivity index is 1.99. The predicted molar refractivity (Wildman–Crippen MR) is 69.1 cm³/mol. The maximum atomic E-state index is 13.5. The molecule has 2 bridgehead atoms. The minimum Gasteiger partial charge on any atom is -0.309 e. The van der Waals surface area contributed by atoms with E-state index in [0.717, 1.165) is 18.5 Å². The molecular weight excluding hydrogens is 225 g/mol. The summed E-state index contributed by atoms with van der Waals surface area (Å²) >= 11 is 0. The highest BCUT2D eigenvalue weighted by Gasteiger charge is 2.33. The van der Waals surface area contributed by atoms with Gasteiger partial charge in [-0.15, -0.1) is 0 Å². The van der Waals surface area contributed by atoms with Crippen molar-refractivity contribution in [2.24, 2.45) is 0 Å². The number of hydrogen-bond acceptors (Lipinski definition) is 1. The van der Waals surface area contributed by atoms with Gasteiger partial charge in [0.1, 0.15) is 5.82 Å². The summed E-state index contributed by atoms with van der Waals surface area (Å²) in [5.41, 5.74) is 5.19. The van der Waals surface area contributed by atoms with Gasteiger partial charge in [0.25, 0.3) is 0 Å². The number of fused-ring (bicyclic) bond motifs is 1. The Morgan fingerprint density at radius 1 is 1.00 bits per heavy atom. The lowest BCUT2D eigenvalue weighted by Crippen LogP contribution is -2.31. The van der Waals surface area contributed by atoms with Crippen LogP contribution in [-0.4, -0.2) is 6.54 Å². The van der Waals surface area contributed by atoms with Crippen LogP contribution < -0.4 is 5.32 Å². The quantitative estimate of drug-likeness (QED) is 0.744. The molecule has 0 unspecified atom stereocenters. The first-order chi connectivity index (χ1) is 8.83. The molecule has 18 heavy (non-hydrogen) atoms. The highest BCUT2D eigenvalue weighted by atomic mass is 19.1. The minimum absolute atomic E-state index is 0.128. The molecule has 2 aliphatic heterocycles. The summed E-state index contributed by atoms with van der Waals surface area (Å²) in [6.07, 6.45) is 0.961. The van der Waals surface area contributed by atoms with E-state index in [9.17, 15) is 4.39 Å². The maximum Gasteiger partial charge on any atom is 0.123 e. The lowest BCUT2D eigenvalue weighted by atomic mass is 9.85. The third kappa shape index (κ3) is 1.36. The molecule has 2 heteroatoms. The second kappa shape index (κ2) is 3.66. The Kier molecular flexibility index (Phi) is 2.09. The van der Waals surface area contributed by atoms with Gasteiger partial charge in [-0.25, -0.2) is 4.39 Å². The van der Waals surface area contributed by atoms with Crippen molar-refractivity contribution in [1.82, 2.24) is 5.32 Å². The second-order valence-corrected chi connectivity index (χ2v) is 5.19. The highest BCUT2D eigenvalue weighted by molar-refractivity contribution is 5.48. The zero-order chi connectivity index (χ0) is 12.1. The zero-order valence-corrected chi connectivity index (χ0v) is 9.99. The first-order valence-electron chi connectivity index (χ1n) is 6.43. The van der Waals surface area contributed by atoms with Crippen LogP contribution in [0.1, 0.15) is 34.2 Å². The van der Waals surface area contributed by atoms with E-state index in [-0.39, 0.29) is 5.82 Å². The fraction of sp³-hybridized carbons (Fsp3) is 0.250. The molecule has 0 spiro atoms. The van der Waals surface area contributed by atoms with Gasteiger partial charge < -0.3 is 5.32 Å². The largest absolute Gasteiger partial charge is 0.309 e. The molecule has 0 fully saturated rings. The van der Waals surface area contributed by atoms with Crippen molar-refractivity contribution in [3.8, 4) is 0 Å². The van der Waals surface area contributed by atoms with Crippen LogP contribution in [0.3, 0.4) is 0 Å². The molecular formula is C16H14FN. The standard InChI is InChI=1S/C16H14FN/c17-11-6-5-10-7-16-13-4-2-1-3-12(13)15(9-18-16)14(10)8-11/h1-6,8,15-16,18H,7,9H2/t15-,16-/m0/s1. The molecule has 0 amide bonds. The second-order valence-electron chi connectivity index (χ2n) is 5.19. The first-order valence-corrected chi connectivity index (χ1v) is 6.43. The molecule has 0 saturated heterocycles. The van der Waals surface area contributed by atoms with Crippen LogP contribution in [0.25, 0.3) is 0 Å². The number of hydrogen-bond donors (Lipinski definition) is 1. The van der Waals surface area contributed by atoms with E-state index in [1.807, 2.05) is 6.07 Å². The summed E-state index contributed by atoms with van der Waals surface area (Å²) < 4.78 is 13.5. The molecule has 5 rings (SSSR count). The van der Waals surface area contributed by atoms with Gasteiger partial charge in [-0.3, -0.25) is 0 Å². The Morgan fingerprint density at radius 2 is 1.83 bits per heavy atom. The van der Waals surface area contributed by atoms with Crippen molar-refractivity contribution in [3.63, 3.8) is 0 Å². The number of halogens is 1. The molecule has 2 atom stereocenters. The van der Waals surface area contributed by atoms with Crippen molar-refractivity contribution < 1.29 is 4.39 Å². The molecule has 0 radical (unpaired) electrons. The Bertz CT molecular complexity index is 620. The summed E-state index contributed by atoms with van der Waals surface area (Å²) in [5, 5.41) is 3.58. The lowest BCUT2D eigenvalue weighted by Gasteiger charge is -2.28. The molecule has 2 heterocycles. The molecule has 2 aromatic carbocycles. The lowest BCUT2D eigenvalue weighted by molar-refractivity contribution is 0.500. The van der Waals surface area contributed by atoms with Gasteiger partial charge in [0.05, 0.1) is 0 Å². The molecule has 1 N–H and O–H groups in total. The van der Waals surface area contributed by atoms with Crippen molar-refractivity contribution in [3.05, 3.63) is 70.5 Å². The van der Waals surface area contributed by atoms with Crippen molar-refractivity contribution in [2.75, 3.05) is 6.54 Å². The van der Waals surface area contributed by atoms with Gasteiger partial charge in [0.2, 0.25) is 0 Å².